The Bertz CT molecular complexity index is 956. The lowest BCUT2D eigenvalue weighted by atomic mass is 10.1. The third-order valence-electron chi connectivity index (χ3n) is 4.12. The number of rotatable bonds is 4. The van der Waals surface area contributed by atoms with Gasteiger partial charge < -0.3 is 10.6 Å². The maximum atomic E-state index is 12.6. The van der Waals surface area contributed by atoms with Crippen molar-refractivity contribution in [2.45, 2.75) is 19.9 Å². The number of halogens is 1. The molecule has 0 saturated carbocycles. The third-order valence-corrected chi connectivity index (χ3v) is 4.61. The van der Waals surface area contributed by atoms with Crippen LogP contribution in [0.1, 0.15) is 24.2 Å². The topological polar surface area (TPSA) is 95.6 Å². The van der Waals surface area contributed by atoms with Crippen LogP contribution in [-0.2, 0) is 14.4 Å². The largest absolute Gasteiger partial charge is 0.326 e. The summed E-state index contributed by atoms with van der Waals surface area (Å²) in [6, 6.07) is 10.6. The lowest BCUT2D eigenvalue weighted by Crippen LogP contribution is -2.45. The second-order valence-corrected chi connectivity index (χ2v) is 7.01. The fourth-order valence-electron chi connectivity index (χ4n) is 2.82. The zero-order chi connectivity index (χ0) is 19.7. The van der Waals surface area contributed by atoms with Crippen LogP contribution in [0.5, 0.6) is 0 Å². The lowest BCUT2D eigenvalue weighted by molar-refractivity contribution is -0.120. The van der Waals surface area contributed by atoms with Crippen LogP contribution in [0.15, 0.2) is 46.9 Å². The number of Topliss-reactive ketones (excluding diaryl/α,β-unsaturated/α-hetero) is 1. The highest BCUT2D eigenvalue weighted by molar-refractivity contribution is 9.10. The van der Waals surface area contributed by atoms with E-state index in [0.29, 0.717) is 21.5 Å². The zero-order valence-corrected chi connectivity index (χ0v) is 16.2. The monoisotopic (exact) mass is 429 g/mol. The number of carbonyl (C=O) groups is 4. The van der Waals surface area contributed by atoms with E-state index in [-0.39, 0.29) is 11.5 Å². The molecule has 0 aliphatic carbocycles. The van der Waals surface area contributed by atoms with Gasteiger partial charge in [0.05, 0.1) is 11.3 Å². The van der Waals surface area contributed by atoms with E-state index in [4.69, 9.17) is 0 Å². The quantitative estimate of drug-likeness (QED) is 0.730. The molecule has 0 bridgehead atoms. The second kappa shape index (κ2) is 7.32. The molecule has 8 heteroatoms. The number of hydrogen-bond acceptors (Lipinski definition) is 4. The summed E-state index contributed by atoms with van der Waals surface area (Å²) in [6.45, 7) is 2.96. The summed E-state index contributed by atoms with van der Waals surface area (Å²) >= 11 is 3.28. The number of amides is 3. The molecule has 2 aromatic carbocycles. The van der Waals surface area contributed by atoms with Crippen molar-refractivity contribution in [2.75, 3.05) is 15.5 Å². The number of benzene rings is 2. The van der Waals surface area contributed by atoms with E-state index in [1.807, 2.05) is 0 Å². The van der Waals surface area contributed by atoms with Gasteiger partial charge in [0.25, 0.3) is 11.7 Å². The number of ketones is 1. The van der Waals surface area contributed by atoms with Crippen molar-refractivity contribution < 1.29 is 19.2 Å². The molecule has 3 rings (SSSR count). The number of carbonyl (C=O) groups excluding carboxylic acids is 4. The Morgan fingerprint density at radius 1 is 1.00 bits per heavy atom. The maximum Gasteiger partial charge on any atom is 0.300 e. The average Bonchev–Trinajstić information content (AvgIpc) is 2.86. The summed E-state index contributed by atoms with van der Waals surface area (Å²) < 4.78 is 0.681. The predicted molar refractivity (Wildman–Crippen MR) is 105 cm³/mol. The summed E-state index contributed by atoms with van der Waals surface area (Å²) in [5.74, 6) is -1.99. The number of hydrogen-bond donors (Lipinski definition) is 2. The van der Waals surface area contributed by atoms with E-state index >= 15 is 0 Å². The Morgan fingerprint density at radius 2 is 1.59 bits per heavy atom. The molecule has 0 aromatic heterocycles. The van der Waals surface area contributed by atoms with Crippen molar-refractivity contribution in [2.24, 2.45) is 0 Å². The van der Waals surface area contributed by atoms with Crippen molar-refractivity contribution >= 4 is 56.5 Å². The predicted octanol–water partition coefficient (Wildman–Crippen LogP) is 2.96. The van der Waals surface area contributed by atoms with Gasteiger partial charge in [0.2, 0.25) is 11.8 Å². The Morgan fingerprint density at radius 3 is 2.19 bits per heavy atom. The summed E-state index contributed by atoms with van der Waals surface area (Å²) in [5.41, 5.74) is 1.80. The summed E-state index contributed by atoms with van der Waals surface area (Å²) in [4.78, 5) is 49.4. The minimum Gasteiger partial charge on any atom is -0.326 e. The van der Waals surface area contributed by atoms with Gasteiger partial charge in [-0.05, 0) is 49.4 Å². The summed E-state index contributed by atoms with van der Waals surface area (Å²) in [7, 11) is 0. The van der Waals surface area contributed by atoms with Crippen LogP contribution in [0.2, 0.25) is 0 Å². The number of fused-ring (bicyclic) bond motifs is 1. The van der Waals surface area contributed by atoms with Gasteiger partial charge in [-0.2, -0.15) is 0 Å². The molecule has 1 unspecified atom stereocenters. The van der Waals surface area contributed by atoms with Crippen LogP contribution in [0, 0.1) is 0 Å². The molecule has 0 spiro atoms. The first-order chi connectivity index (χ1) is 12.8. The van der Waals surface area contributed by atoms with Gasteiger partial charge in [-0.3, -0.25) is 24.1 Å². The van der Waals surface area contributed by atoms with Gasteiger partial charge in [-0.25, -0.2) is 0 Å². The lowest BCUT2D eigenvalue weighted by Gasteiger charge is -2.23. The van der Waals surface area contributed by atoms with Crippen molar-refractivity contribution in [1.29, 1.82) is 0 Å². The second-order valence-electron chi connectivity index (χ2n) is 6.09. The van der Waals surface area contributed by atoms with Crippen LogP contribution in [0.25, 0.3) is 0 Å². The van der Waals surface area contributed by atoms with Crippen LogP contribution in [0.3, 0.4) is 0 Å². The zero-order valence-electron chi connectivity index (χ0n) is 14.6. The standard InChI is InChI=1S/C19H16BrN3O4/c1-10(18(26)22-14-6-4-13(5-7-14)21-11(2)24)23-16-8-3-12(20)9-15(16)17(25)19(23)27/h3-10H,1-2H3,(H,21,24)(H,22,26). The molecule has 1 aliphatic rings. The molecule has 27 heavy (non-hydrogen) atoms. The first kappa shape index (κ1) is 18.8. The molecule has 0 radical (unpaired) electrons. The molecule has 138 valence electrons. The third kappa shape index (κ3) is 3.75. The highest BCUT2D eigenvalue weighted by Gasteiger charge is 2.40. The minimum absolute atomic E-state index is 0.192. The number of nitrogens with one attached hydrogen (secondary N) is 2. The van der Waals surface area contributed by atoms with Crippen molar-refractivity contribution in [3.05, 3.63) is 52.5 Å². The highest BCUT2D eigenvalue weighted by atomic mass is 79.9. The molecule has 1 heterocycles. The smallest absolute Gasteiger partial charge is 0.300 e. The highest BCUT2D eigenvalue weighted by Crippen LogP contribution is 2.33. The molecule has 2 aromatic rings. The average molecular weight is 430 g/mol. The van der Waals surface area contributed by atoms with E-state index in [2.05, 4.69) is 26.6 Å². The minimum atomic E-state index is -0.876. The van der Waals surface area contributed by atoms with Crippen LogP contribution < -0.4 is 15.5 Å². The molecule has 2 N–H and O–H groups in total. The summed E-state index contributed by atoms with van der Waals surface area (Å²) in [6.07, 6.45) is 0. The molecule has 1 atom stereocenters. The molecule has 3 amide bonds. The molecular formula is C19H16BrN3O4. The van der Waals surface area contributed by atoms with Crippen LogP contribution in [-0.4, -0.2) is 29.5 Å². The molecular weight excluding hydrogens is 414 g/mol. The van der Waals surface area contributed by atoms with Gasteiger partial charge in [0.1, 0.15) is 6.04 Å². The molecule has 1 aliphatic heterocycles. The van der Waals surface area contributed by atoms with Gasteiger partial charge in [-0.1, -0.05) is 15.9 Å². The van der Waals surface area contributed by atoms with Gasteiger partial charge in [0, 0.05) is 22.8 Å². The van der Waals surface area contributed by atoms with Gasteiger partial charge >= 0.3 is 0 Å². The van der Waals surface area contributed by atoms with Crippen LogP contribution in [0.4, 0.5) is 17.1 Å². The van der Waals surface area contributed by atoms with E-state index in [1.165, 1.54) is 11.8 Å². The molecule has 0 saturated heterocycles. The Hall–Kier alpha value is -3.00. The van der Waals surface area contributed by atoms with E-state index in [9.17, 15) is 19.2 Å². The van der Waals surface area contributed by atoms with E-state index < -0.39 is 23.6 Å². The Balaban J connectivity index is 1.77. The molecule has 7 nitrogen and oxygen atoms in total. The summed E-state index contributed by atoms with van der Waals surface area (Å²) in [5, 5.41) is 5.34. The van der Waals surface area contributed by atoms with Gasteiger partial charge in [-0.15, -0.1) is 0 Å². The van der Waals surface area contributed by atoms with E-state index in [0.717, 1.165) is 0 Å². The maximum absolute atomic E-state index is 12.6. The van der Waals surface area contributed by atoms with Crippen molar-refractivity contribution in [3.8, 4) is 0 Å². The first-order valence-electron chi connectivity index (χ1n) is 8.14. The van der Waals surface area contributed by atoms with Gasteiger partial charge in [0.15, 0.2) is 0 Å². The normalized spacial score (nSPS) is 14.0. The van der Waals surface area contributed by atoms with E-state index in [1.54, 1.807) is 49.4 Å². The van der Waals surface area contributed by atoms with Crippen LogP contribution >= 0.6 is 15.9 Å². The van der Waals surface area contributed by atoms with Crippen molar-refractivity contribution in [3.63, 3.8) is 0 Å². The number of nitrogens with zero attached hydrogens (tertiary/aromatic N) is 1. The molecule has 0 fully saturated rings. The fourth-order valence-corrected chi connectivity index (χ4v) is 3.18. The SMILES string of the molecule is CC(=O)Nc1ccc(NC(=O)C(C)N2C(=O)C(=O)c3cc(Br)ccc32)cc1. The van der Waals surface area contributed by atoms with Crippen molar-refractivity contribution in [1.82, 2.24) is 0 Å². The first-order valence-corrected chi connectivity index (χ1v) is 8.93. The number of anilines is 3. The Labute approximate surface area is 163 Å². The fraction of sp³-hybridized carbons (Fsp3) is 0.158. The Kier molecular flexibility index (Phi) is 5.09.